The highest BCUT2D eigenvalue weighted by Gasteiger charge is 2.23. The van der Waals surface area contributed by atoms with Gasteiger partial charge in [0.05, 0.1) is 12.8 Å². The molecule has 1 saturated heterocycles. The maximum atomic E-state index is 13.0. The first-order chi connectivity index (χ1) is 16.1. The van der Waals surface area contributed by atoms with Crippen molar-refractivity contribution in [1.29, 1.82) is 0 Å². The first kappa shape index (κ1) is 20.6. The minimum atomic E-state index is -0.366. The van der Waals surface area contributed by atoms with Crippen molar-refractivity contribution in [1.82, 2.24) is 34.3 Å². The fourth-order valence-electron chi connectivity index (χ4n) is 3.79. The number of amides is 1. The molecule has 0 saturated carbocycles. The predicted molar refractivity (Wildman–Crippen MR) is 120 cm³/mol. The average Bonchev–Trinajstić information content (AvgIpc) is 3.32. The zero-order valence-electron chi connectivity index (χ0n) is 18.0. The van der Waals surface area contributed by atoms with Gasteiger partial charge in [0.1, 0.15) is 24.1 Å². The van der Waals surface area contributed by atoms with Crippen LogP contribution in [0.4, 0.5) is 5.95 Å². The van der Waals surface area contributed by atoms with E-state index in [1.807, 2.05) is 29.2 Å². The molecule has 0 radical (unpaired) electrons. The van der Waals surface area contributed by atoms with Gasteiger partial charge in [-0.15, -0.1) is 0 Å². The van der Waals surface area contributed by atoms with Crippen molar-refractivity contribution in [2.75, 3.05) is 38.2 Å². The zero-order chi connectivity index (χ0) is 22.8. The highest BCUT2D eigenvalue weighted by Crippen LogP contribution is 2.21. The molecule has 3 aromatic heterocycles. The van der Waals surface area contributed by atoms with Gasteiger partial charge in [-0.3, -0.25) is 9.59 Å². The fourth-order valence-corrected chi connectivity index (χ4v) is 3.79. The Balaban J connectivity index is 1.29. The van der Waals surface area contributed by atoms with E-state index in [4.69, 9.17) is 4.74 Å². The highest BCUT2D eigenvalue weighted by molar-refractivity contribution is 5.76. The number of nitrogens with zero attached hydrogens (tertiary/aromatic N) is 8. The largest absolute Gasteiger partial charge is 0.497 e. The van der Waals surface area contributed by atoms with E-state index in [2.05, 4.69) is 20.2 Å². The van der Waals surface area contributed by atoms with Crippen molar-refractivity contribution in [3.63, 3.8) is 0 Å². The number of fused-ring (bicyclic) bond motifs is 1. The molecule has 11 heteroatoms. The van der Waals surface area contributed by atoms with Crippen LogP contribution < -0.4 is 15.2 Å². The van der Waals surface area contributed by atoms with Gasteiger partial charge in [-0.25, -0.2) is 19.2 Å². The Morgan fingerprint density at radius 1 is 1.06 bits per heavy atom. The van der Waals surface area contributed by atoms with Crippen LogP contribution in [0.2, 0.25) is 0 Å². The summed E-state index contributed by atoms with van der Waals surface area (Å²) >= 11 is 0. The van der Waals surface area contributed by atoms with E-state index in [0.29, 0.717) is 43.3 Å². The number of ether oxygens (including phenoxy) is 1. The van der Waals surface area contributed by atoms with E-state index >= 15 is 0 Å². The lowest BCUT2D eigenvalue weighted by Gasteiger charge is -2.34. The van der Waals surface area contributed by atoms with Crippen LogP contribution in [-0.4, -0.2) is 73.5 Å². The molecule has 4 heterocycles. The van der Waals surface area contributed by atoms with E-state index in [1.54, 1.807) is 36.5 Å². The van der Waals surface area contributed by atoms with Crippen LogP contribution in [0, 0.1) is 0 Å². The Morgan fingerprint density at radius 3 is 2.48 bits per heavy atom. The summed E-state index contributed by atoms with van der Waals surface area (Å²) in [4.78, 5) is 38.1. The smallest absolute Gasteiger partial charge is 0.293 e. The highest BCUT2D eigenvalue weighted by atomic mass is 16.5. The van der Waals surface area contributed by atoms with Crippen LogP contribution in [0.1, 0.15) is 0 Å². The van der Waals surface area contributed by atoms with E-state index in [1.165, 1.54) is 15.5 Å². The SMILES string of the molecule is COc1ccc(-c2cc3c(=O)n(CC(=O)N4CCN(c5ncccn5)CC4)ncn3n2)cc1. The van der Waals surface area contributed by atoms with Crippen LogP contribution >= 0.6 is 0 Å². The quantitative estimate of drug-likeness (QED) is 0.441. The molecule has 0 bridgehead atoms. The van der Waals surface area contributed by atoms with Crippen LogP contribution in [0.5, 0.6) is 5.75 Å². The standard InChI is InChI=1S/C22H22N8O3/c1-33-17-5-3-16(4-6-17)18-13-19-21(32)29(25-15-30(19)26-18)14-20(31)27-9-11-28(12-10-27)22-23-7-2-8-24-22/h2-8,13,15H,9-12,14H2,1H3. The van der Waals surface area contributed by atoms with Crippen LogP contribution in [-0.2, 0) is 11.3 Å². The first-order valence-electron chi connectivity index (χ1n) is 10.5. The average molecular weight is 446 g/mol. The predicted octanol–water partition coefficient (Wildman–Crippen LogP) is 0.705. The Kier molecular flexibility index (Phi) is 5.43. The second-order valence-corrected chi connectivity index (χ2v) is 7.60. The third kappa shape index (κ3) is 4.12. The molecule has 5 rings (SSSR count). The molecule has 11 nitrogen and oxygen atoms in total. The molecule has 0 aliphatic carbocycles. The third-order valence-corrected chi connectivity index (χ3v) is 5.63. The van der Waals surface area contributed by atoms with Gasteiger partial charge in [0, 0.05) is 44.1 Å². The van der Waals surface area contributed by atoms with Crippen molar-refractivity contribution < 1.29 is 9.53 Å². The van der Waals surface area contributed by atoms with E-state index in [-0.39, 0.29) is 18.0 Å². The van der Waals surface area contributed by atoms with Gasteiger partial charge < -0.3 is 14.5 Å². The van der Waals surface area contributed by atoms with E-state index in [0.717, 1.165) is 11.3 Å². The molecule has 1 aliphatic rings. The van der Waals surface area contributed by atoms with Gasteiger partial charge in [0.15, 0.2) is 0 Å². The van der Waals surface area contributed by atoms with Crippen molar-refractivity contribution in [3.05, 3.63) is 65.5 Å². The molecule has 0 atom stereocenters. The summed E-state index contributed by atoms with van der Waals surface area (Å²) in [6, 6.07) is 10.9. The second-order valence-electron chi connectivity index (χ2n) is 7.60. The molecule has 0 N–H and O–H groups in total. The molecular formula is C22H22N8O3. The molecule has 4 aromatic rings. The number of aromatic nitrogens is 6. The van der Waals surface area contributed by atoms with Crippen LogP contribution in [0.15, 0.2) is 59.9 Å². The minimum Gasteiger partial charge on any atom is -0.497 e. The molecule has 33 heavy (non-hydrogen) atoms. The van der Waals surface area contributed by atoms with Gasteiger partial charge in [0.2, 0.25) is 11.9 Å². The number of anilines is 1. The molecule has 0 spiro atoms. The molecule has 168 valence electrons. The maximum Gasteiger partial charge on any atom is 0.293 e. The normalized spacial score (nSPS) is 14.0. The summed E-state index contributed by atoms with van der Waals surface area (Å²) in [7, 11) is 1.60. The lowest BCUT2D eigenvalue weighted by atomic mass is 10.1. The summed E-state index contributed by atoms with van der Waals surface area (Å²) in [6.45, 7) is 2.20. The maximum absolute atomic E-state index is 13.0. The van der Waals surface area contributed by atoms with Gasteiger partial charge in [-0.05, 0) is 36.4 Å². The third-order valence-electron chi connectivity index (χ3n) is 5.63. The zero-order valence-corrected chi connectivity index (χ0v) is 18.0. The topological polar surface area (TPSA) is 111 Å². The molecular weight excluding hydrogens is 424 g/mol. The van der Waals surface area contributed by atoms with Crippen molar-refractivity contribution in [3.8, 4) is 17.0 Å². The number of rotatable bonds is 5. The Labute approximate surface area is 188 Å². The van der Waals surface area contributed by atoms with Gasteiger partial charge in [-0.2, -0.15) is 10.2 Å². The van der Waals surface area contributed by atoms with Gasteiger partial charge in [0.25, 0.3) is 5.56 Å². The minimum absolute atomic E-state index is 0.125. The number of hydrogen-bond acceptors (Lipinski definition) is 8. The number of hydrogen-bond donors (Lipinski definition) is 0. The summed E-state index contributed by atoms with van der Waals surface area (Å²) in [5, 5.41) is 8.58. The number of benzene rings is 1. The first-order valence-corrected chi connectivity index (χ1v) is 10.5. The Morgan fingerprint density at radius 2 is 1.79 bits per heavy atom. The Hall–Kier alpha value is -4.28. The Bertz CT molecular complexity index is 1330. The van der Waals surface area contributed by atoms with Gasteiger partial charge in [-0.1, -0.05) is 0 Å². The number of methoxy groups -OCH3 is 1. The fraction of sp³-hybridized carbons (Fsp3) is 0.273. The van der Waals surface area contributed by atoms with Crippen LogP contribution in [0.25, 0.3) is 16.8 Å². The lowest BCUT2D eigenvalue weighted by molar-refractivity contribution is -0.132. The number of piperazine rings is 1. The van der Waals surface area contributed by atoms with E-state index < -0.39 is 0 Å². The molecule has 0 unspecified atom stereocenters. The van der Waals surface area contributed by atoms with Crippen molar-refractivity contribution in [2.45, 2.75) is 6.54 Å². The summed E-state index contributed by atoms with van der Waals surface area (Å²) in [5.74, 6) is 1.24. The van der Waals surface area contributed by atoms with Gasteiger partial charge >= 0.3 is 0 Å². The summed E-state index contributed by atoms with van der Waals surface area (Å²) in [5.41, 5.74) is 1.48. The summed E-state index contributed by atoms with van der Waals surface area (Å²) < 4.78 is 7.80. The molecule has 1 aliphatic heterocycles. The molecule has 1 amide bonds. The molecule has 1 aromatic carbocycles. The second kappa shape index (κ2) is 8.69. The molecule has 1 fully saturated rings. The summed E-state index contributed by atoms with van der Waals surface area (Å²) in [6.07, 6.45) is 4.84. The van der Waals surface area contributed by atoms with Crippen molar-refractivity contribution in [2.24, 2.45) is 0 Å². The lowest BCUT2D eigenvalue weighted by Crippen LogP contribution is -2.50. The number of carbonyl (C=O) groups excluding carboxylic acids is 1. The van der Waals surface area contributed by atoms with Crippen LogP contribution in [0.3, 0.4) is 0 Å². The van der Waals surface area contributed by atoms with Crippen molar-refractivity contribution >= 4 is 17.4 Å². The number of carbonyl (C=O) groups is 1. The van der Waals surface area contributed by atoms with E-state index in [9.17, 15) is 9.59 Å². The monoisotopic (exact) mass is 446 g/mol.